The summed E-state index contributed by atoms with van der Waals surface area (Å²) in [6.45, 7) is 1.73. The van der Waals surface area contributed by atoms with Gasteiger partial charge < -0.3 is 4.74 Å². The fourth-order valence-electron chi connectivity index (χ4n) is 0.337. The quantitative estimate of drug-likeness (QED) is 0.594. The van der Waals surface area contributed by atoms with E-state index in [1.54, 1.807) is 0 Å². The lowest BCUT2D eigenvalue weighted by molar-refractivity contribution is -0.222. The van der Waals surface area contributed by atoms with Gasteiger partial charge in [0.05, 0.1) is 19.1 Å². The molecule has 0 N–H and O–H groups in total. The maximum absolute atomic E-state index is 11.9. The second-order valence-corrected chi connectivity index (χ2v) is 2.73. The number of ether oxygens (including phenoxy) is 1. The van der Waals surface area contributed by atoms with Gasteiger partial charge in [0.15, 0.2) is 0 Å². The minimum absolute atomic E-state index is 0.406. The summed E-state index contributed by atoms with van der Waals surface area (Å²) in [7, 11) is 2.88. The van der Waals surface area contributed by atoms with Gasteiger partial charge in [-0.15, -0.1) is 0 Å². The van der Waals surface area contributed by atoms with E-state index in [-0.39, 0.29) is 0 Å². The average molecular weight is 155 g/mol. The standard InChI is InChI=1S/C6H10F3O/c1-5(2,4-10-3)6(7,8)9/h3-4H2,1-2H3. The van der Waals surface area contributed by atoms with Crippen LogP contribution in [0.1, 0.15) is 13.8 Å². The molecule has 0 saturated heterocycles. The first-order valence-electron chi connectivity index (χ1n) is 2.75. The summed E-state index contributed by atoms with van der Waals surface area (Å²) in [4.78, 5) is 0. The molecule has 1 nitrogen and oxygen atoms in total. The Bertz CT molecular complexity index is 106. The van der Waals surface area contributed by atoms with Crippen LogP contribution in [0.15, 0.2) is 0 Å². The van der Waals surface area contributed by atoms with Crippen LogP contribution in [0.2, 0.25) is 0 Å². The smallest absolute Gasteiger partial charge is 0.378 e. The first-order valence-corrected chi connectivity index (χ1v) is 2.75. The summed E-state index contributed by atoms with van der Waals surface area (Å²) in [6, 6.07) is 0. The molecule has 0 saturated carbocycles. The van der Waals surface area contributed by atoms with E-state index < -0.39 is 18.2 Å². The lowest BCUT2D eigenvalue weighted by atomic mass is 9.94. The Morgan fingerprint density at radius 3 is 1.80 bits per heavy atom. The Morgan fingerprint density at radius 2 is 1.70 bits per heavy atom. The van der Waals surface area contributed by atoms with Crippen LogP contribution in [0.3, 0.4) is 0 Å². The van der Waals surface area contributed by atoms with Crippen molar-refractivity contribution < 1.29 is 17.9 Å². The van der Waals surface area contributed by atoms with Crippen molar-refractivity contribution >= 4 is 0 Å². The summed E-state index contributed by atoms with van der Waals surface area (Å²) >= 11 is 0. The number of hydrogen-bond acceptors (Lipinski definition) is 1. The molecule has 0 aromatic heterocycles. The topological polar surface area (TPSA) is 9.23 Å². The minimum atomic E-state index is -4.22. The molecule has 61 valence electrons. The van der Waals surface area contributed by atoms with Crippen LogP contribution in [0.4, 0.5) is 13.2 Å². The third-order valence-electron chi connectivity index (χ3n) is 1.23. The molecule has 1 radical (unpaired) electrons. The first kappa shape index (κ1) is 9.75. The number of alkyl halides is 3. The third-order valence-corrected chi connectivity index (χ3v) is 1.23. The monoisotopic (exact) mass is 155 g/mol. The van der Waals surface area contributed by atoms with E-state index in [9.17, 15) is 13.2 Å². The molecule has 0 aliphatic heterocycles. The van der Waals surface area contributed by atoms with Gasteiger partial charge >= 0.3 is 6.18 Å². The maximum atomic E-state index is 11.9. The van der Waals surface area contributed by atoms with Crippen molar-refractivity contribution in [3.05, 3.63) is 7.11 Å². The van der Waals surface area contributed by atoms with E-state index in [1.165, 1.54) is 0 Å². The highest BCUT2D eigenvalue weighted by atomic mass is 19.4. The molecular formula is C6H10F3O. The highest BCUT2D eigenvalue weighted by Gasteiger charge is 2.47. The van der Waals surface area contributed by atoms with Crippen molar-refractivity contribution in [1.82, 2.24) is 0 Å². The van der Waals surface area contributed by atoms with E-state index in [4.69, 9.17) is 0 Å². The van der Waals surface area contributed by atoms with Crippen LogP contribution >= 0.6 is 0 Å². The Kier molecular flexibility index (Phi) is 2.71. The summed E-state index contributed by atoms with van der Waals surface area (Å²) < 4.78 is 39.9. The zero-order valence-corrected chi connectivity index (χ0v) is 5.96. The molecule has 0 aliphatic rings. The molecule has 0 spiro atoms. The van der Waals surface area contributed by atoms with E-state index in [0.717, 1.165) is 13.8 Å². The Morgan fingerprint density at radius 1 is 1.30 bits per heavy atom. The van der Waals surface area contributed by atoms with Crippen molar-refractivity contribution in [2.24, 2.45) is 5.41 Å². The van der Waals surface area contributed by atoms with Crippen LogP contribution in [0.25, 0.3) is 0 Å². The zero-order valence-electron chi connectivity index (χ0n) is 5.96. The van der Waals surface area contributed by atoms with Gasteiger partial charge in [0.2, 0.25) is 0 Å². The van der Waals surface area contributed by atoms with Gasteiger partial charge in [0, 0.05) is 0 Å². The van der Waals surface area contributed by atoms with Crippen LogP contribution < -0.4 is 0 Å². The molecule has 10 heavy (non-hydrogen) atoms. The van der Waals surface area contributed by atoms with Crippen LogP contribution in [-0.2, 0) is 4.74 Å². The van der Waals surface area contributed by atoms with Gasteiger partial charge in [-0.25, -0.2) is 0 Å². The number of hydrogen-bond donors (Lipinski definition) is 0. The average Bonchev–Trinajstić information content (AvgIpc) is 1.61. The largest absolute Gasteiger partial charge is 0.396 e. The molecule has 4 heteroatoms. The van der Waals surface area contributed by atoms with E-state index in [2.05, 4.69) is 11.8 Å². The normalized spacial score (nSPS) is 13.8. The second kappa shape index (κ2) is 2.78. The highest BCUT2D eigenvalue weighted by molar-refractivity contribution is 4.76. The lowest BCUT2D eigenvalue weighted by Crippen LogP contribution is -2.35. The van der Waals surface area contributed by atoms with Gasteiger partial charge in [-0.2, -0.15) is 13.2 Å². The van der Waals surface area contributed by atoms with Gasteiger partial charge in [-0.1, -0.05) is 0 Å². The molecule has 0 atom stereocenters. The van der Waals surface area contributed by atoms with Gasteiger partial charge in [-0.05, 0) is 13.8 Å². The SMILES string of the molecule is [CH2]OCC(C)(C)C(F)(F)F. The summed E-state index contributed by atoms with van der Waals surface area (Å²) in [6.07, 6.45) is -4.22. The van der Waals surface area contributed by atoms with Crippen molar-refractivity contribution in [1.29, 1.82) is 0 Å². The zero-order chi connectivity index (χ0) is 8.41. The predicted molar refractivity (Wildman–Crippen MR) is 31.1 cm³/mol. The van der Waals surface area contributed by atoms with Gasteiger partial charge in [0.25, 0.3) is 0 Å². The molecule has 0 heterocycles. The number of rotatable bonds is 2. The van der Waals surface area contributed by atoms with E-state index in [0.29, 0.717) is 0 Å². The Labute approximate surface area is 58.2 Å². The molecular weight excluding hydrogens is 145 g/mol. The van der Waals surface area contributed by atoms with Gasteiger partial charge in [-0.3, -0.25) is 0 Å². The molecule has 0 amide bonds. The minimum Gasteiger partial charge on any atom is -0.378 e. The molecule has 0 aliphatic carbocycles. The van der Waals surface area contributed by atoms with Crippen LogP contribution in [0, 0.1) is 12.5 Å². The molecule has 0 aromatic carbocycles. The summed E-state index contributed by atoms with van der Waals surface area (Å²) in [5, 5.41) is 0. The molecule has 0 aromatic rings. The lowest BCUT2D eigenvalue weighted by Gasteiger charge is -2.26. The molecule has 0 rings (SSSR count). The van der Waals surface area contributed by atoms with Crippen molar-refractivity contribution in [3.63, 3.8) is 0 Å². The third kappa shape index (κ3) is 2.17. The molecule has 0 fully saturated rings. The summed E-state index contributed by atoms with van der Waals surface area (Å²) in [5.74, 6) is 0. The van der Waals surface area contributed by atoms with Crippen molar-refractivity contribution in [2.45, 2.75) is 20.0 Å². The predicted octanol–water partition coefficient (Wildman–Crippen LogP) is 2.38. The Hall–Kier alpha value is -0.250. The number of halogens is 3. The second-order valence-electron chi connectivity index (χ2n) is 2.73. The van der Waals surface area contributed by atoms with Crippen LogP contribution in [-0.4, -0.2) is 12.8 Å². The van der Waals surface area contributed by atoms with Gasteiger partial charge in [0.1, 0.15) is 0 Å². The van der Waals surface area contributed by atoms with E-state index >= 15 is 0 Å². The maximum Gasteiger partial charge on any atom is 0.396 e. The molecule has 0 unspecified atom stereocenters. The molecule has 0 bridgehead atoms. The fourth-order valence-corrected chi connectivity index (χ4v) is 0.337. The van der Waals surface area contributed by atoms with Crippen LogP contribution in [0.5, 0.6) is 0 Å². The Balaban J connectivity index is 4.10. The highest BCUT2D eigenvalue weighted by Crippen LogP contribution is 2.37. The van der Waals surface area contributed by atoms with Crippen molar-refractivity contribution in [3.8, 4) is 0 Å². The van der Waals surface area contributed by atoms with E-state index in [1.807, 2.05) is 0 Å². The first-order chi connectivity index (χ1) is 4.31. The summed E-state index contributed by atoms with van der Waals surface area (Å²) in [5.41, 5.74) is -1.80. The van der Waals surface area contributed by atoms with Crippen molar-refractivity contribution in [2.75, 3.05) is 6.61 Å². The fraction of sp³-hybridized carbons (Fsp3) is 0.833.